The van der Waals surface area contributed by atoms with Crippen molar-refractivity contribution in [2.45, 2.75) is 38.6 Å². The van der Waals surface area contributed by atoms with E-state index in [9.17, 15) is 4.79 Å². The summed E-state index contributed by atoms with van der Waals surface area (Å²) in [4.78, 5) is 12.2. The molecule has 4 nitrogen and oxygen atoms in total. The Morgan fingerprint density at radius 1 is 1.33 bits per heavy atom. The number of rotatable bonds is 6. The van der Waals surface area contributed by atoms with E-state index in [0.29, 0.717) is 12.3 Å². The lowest BCUT2D eigenvalue weighted by Gasteiger charge is -2.24. The minimum absolute atomic E-state index is 0.0881. The van der Waals surface area contributed by atoms with Crippen molar-refractivity contribution in [3.8, 4) is 5.75 Å². The largest absolute Gasteiger partial charge is 0.497 e. The smallest absolute Gasteiger partial charge is 0.220 e. The van der Waals surface area contributed by atoms with Crippen molar-refractivity contribution in [2.24, 2.45) is 5.92 Å². The van der Waals surface area contributed by atoms with Crippen LogP contribution in [0.25, 0.3) is 0 Å². The molecular weight excluding hydrogens is 264 g/mol. The first-order chi connectivity index (χ1) is 10.2. The van der Waals surface area contributed by atoms with Crippen molar-refractivity contribution in [2.75, 3.05) is 20.2 Å². The molecule has 1 aliphatic rings. The van der Waals surface area contributed by atoms with Crippen molar-refractivity contribution in [1.82, 2.24) is 10.6 Å². The molecule has 0 aromatic heterocycles. The summed E-state index contributed by atoms with van der Waals surface area (Å²) in [5.74, 6) is 1.54. The number of amides is 1. The van der Waals surface area contributed by atoms with Gasteiger partial charge in [0.2, 0.25) is 5.91 Å². The van der Waals surface area contributed by atoms with Gasteiger partial charge in [0, 0.05) is 6.42 Å². The van der Waals surface area contributed by atoms with Crippen LogP contribution in [0.1, 0.15) is 44.2 Å². The minimum atomic E-state index is 0.0881. The predicted octanol–water partition coefficient (Wildman–Crippen LogP) is 2.65. The fourth-order valence-corrected chi connectivity index (χ4v) is 2.86. The fourth-order valence-electron chi connectivity index (χ4n) is 2.86. The number of piperidine rings is 1. The Morgan fingerprint density at radius 2 is 2.00 bits per heavy atom. The van der Waals surface area contributed by atoms with Crippen LogP contribution in [-0.2, 0) is 4.79 Å². The SMILES string of the molecule is CCC(NC(=O)CC1CCNCC1)c1ccc(OC)cc1. The third-order valence-electron chi connectivity index (χ3n) is 4.19. The average Bonchev–Trinajstić information content (AvgIpc) is 2.53. The monoisotopic (exact) mass is 290 g/mol. The van der Waals surface area contributed by atoms with Crippen molar-refractivity contribution in [1.29, 1.82) is 0 Å². The van der Waals surface area contributed by atoms with Gasteiger partial charge in [0.25, 0.3) is 0 Å². The minimum Gasteiger partial charge on any atom is -0.497 e. The summed E-state index contributed by atoms with van der Waals surface area (Å²) in [5.41, 5.74) is 1.14. The van der Waals surface area contributed by atoms with Crippen LogP contribution in [-0.4, -0.2) is 26.1 Å². The van der Waals surface area contributed by atoms with Gasteiger partial charge in [0.15, 0.2) is 0 Å². The molecule has 1 aromatic carbocycles. The van der Waals surface area contributed by atoms with Crippen molar-refractivity contribution >= 4 is 5.91 Å². The lowest BCUT2D eigenvalue weighted by molar-refractivity contribution is -0.123. The summed E-state index contributed by atoms with van der Waals surface area (Å²) in [6.45, 7) is 4.17. The number of nitrogens with one attached hydrogen (secondary N) is 2. The number of hydrogen-bond acceptors (Lipinski definition) is 3. The van der Waals surface area contributed by atoms with E-state index in [2.05, 4.69) is 17.6 Å². The van der Waals surface area contributed by atoms with Crippen molar-refractivity contribution < 1.29 is 9.53 Å². The van der Waals surface area contributed by atoms with Crippen LogP contribution in [0.15, 0.2) is 24.3 Å². The molecule has 1 saturated heterocycles. The topological polar surface area (TPSA) is 50.4 Å². The maximum absolute atomic E-state index is 12.2. The van der Waals surface area contributed by atoms with Gasteiger partial charge >= 0.3 is 0 Å². The van der Waals surface area contributed by atoms with Gasteiger partial charge in [-0.1, -0.05) is 19.1 Å². The average molecular weight is 290 g/mol. The van der Waals surface area contributed by atoms with Gasteiger partial charge in [0.1, 0.15) is 5.75 Å². The van der Waals surface area contributed by atoms with Gasteiger partial charge in [-0.05, 0) is 56.0 Å². The molecule has 21 heavy (non-hydrogen) atoms. The Kier molecular flexibility index (Phi) is 6.05. The van der Waals surface area contributed by atoms with Crippen LogP contribution < -0.4 is 15.4 Å². The molecule has 1 fully saturated rings. The molecule has 0 radical (unpaired) electrons. The maximum atomic E-state index is 12.2. The zero-order valence-corrected chi connectivity index (χ0v) is 13.0. The first-order valence-corrected chi connectivity index (χ1v) is 7.87. The van der Waals surface area contributed by atoms with Gasteiger partial charge in [-0.2, -0.15) is 0 Å². The summed E-state index contributed by atoms with van der Waals surface area (Å²) in [7, 11) is 1.66. The Labute approximate surface area is 127 Å². The van der Waals surface area contributed by atoms with Gasteiger partial charge < -0.3 is 15.4 Å². The van der Waals surface area contributed by atoms with E-state index < -0.39 is 0 Å². The van der Waals surface area contributed by atoms with E-state index in [0.717, 1.165) is 43.7 Å². The summed E-state index contributed by atoms with van der Waals surface area (Å²) >= 11 is 0. The fraction of sp³-hybridized carbons (Fsp3) is 0.588. The Hall–Kier alpha value is -1.55. The molecule has 1 unspecified atom stereocenters. The quantitative estimate of drug-likeness (QED) is 0.847. The number of benzene rings is 1. The molecule has 1 amide bonds. The Bertz CT molecular complexity index is 439. The molecule has 1 atom stereocenters. The van der Waals surface area contributed by atoms with Gasteiger partial charge in [-0.25, -0.2) is 0 Å². The zero-order valence-electron chi connectivity index (χ0n) is 13.0. The number of ether oxygens (including phenoxy) is 1. The molecule has 2 N–H and O–H groups in total. The molecule has 0 saturated carbocycles. The van der Waals surface area contributed by atoms with Gasteiger partial charge in [0.05, 0.1) is 13.2 Å². The number of hydrogen-bond donors (Lipinski definition) is 2. The van der Waals surface area contributed by atoms with Crippen LogP contribution in [0.4, 0.5) is 0 Å². The summed E-state index contributed by atoms with van der Waals surface area (Å²) in [5, 5.41) is 6.50. The normalized spacial score (nSPS) is 17.2. The predicted molar refractivity (Wildman–Crippen MR) is 84.4 cm³/mol. The van der Waals surface area contributed by atoms with Crippen LogP contribution in [0, 0.1) is 5.92 Å². The molecule has 2 rings (SSSR count). The first-order valence-electron chi connectivity index (χ1n) is 7.87. The number of carbonyl (C=O) groups is 1. The maximum Gasteiger partial charge on any atom is 0.220 e. The lowest BCUT2D eigenvalue weighted by Crippen LogP contribution is -2.33. The van der Waals surface area contributed by atoms with Crippen molar-refractivity contribution in [3.05, 3.63) is 29.8 Å². The molecular formula is C17H26N2O2. The third kappa shape index (κ3) is 4.74. The third-order valence-corrected chi connectivity index (χ3v) is 4.19. The molecule has 1 aromatic rings. The second kappa shape index (κ2) is 8.03. The molecule has 1 heterocycles. The van der Waals surface area contributed by atoms with Gasteiger partial charge in [-0.15, -0.1) is 0 Å². The zero-order chi connectivity index (χ0) is 15.1. The molecule has 0 bridgehead atoms. The second-order valence-electron chi connectivity index (χ2n) is 5.70. The highest BCUT2D eigenvalue weighted by Gasteiger charge is 2.19. The van der Waals surface area contributed by atoms with E-state index in [1.165, 1.54) is 0 Å². The van der Waals surface area contributed by atoms with Crippen LogP contribution in [0.5, 0.6) is 5.75 Å². The van der Waals surface area contributed by atoms with Crippen LogP contribution >= 0.6 is 0 Å². The standard InChI is InChI=1S/C17H26N2O2/c1-3-16(14-4-6-15(21-2)7-5-14)19-17(20)12-13-8-10-18-11-9-13/h4-7,13,16,18H,3,8-12H2,1-2H3,(H,19,20). The second-order valence-corrected chi connectivity index (χ2v) is 5.70. The highest BCUT2D eigenvalue weighted by Crippen LogP contribution is 2.21. The van der Waals surface area contributed by atoms with E-state index in [1.54, 1.807) is 7.11 Å². The van der Waals surface area contributed by atoms with E-state index >= 15 is 0 Å². The number of methoxy groups -OCH3 is 1. The molecule has 1 aliphatic heterocycles. The Morgan fingerprint density at radius 3 is 2.57 bits per heavy atom. The Balaban J connectivity index is 1.89. The molecule has 116 valence electrons. The van der Waals surface area contributed by atoms with Crippen LogP contribution in [0.2, 0.25) is 0 Å². The highest BCUT2D eigenvalue weighted by molar-refractivity contribution is 5.76. The summed E-state index contributed by atoms with van der Waals surface area (Å²) in [6.07, 6.45) is 3.75. The lowest BCUT2D eigenvalue weighted by atomic mass is 9.94. The molecule has 0 aliphatic carbocycles. The number of carbonyl (C=O) groups excluding carboxylic acids is 1. The summed E-state index contributed by atoms with van der Waals surface area (Å²) < 4.78 is 5.17. The first kappa shape index (κ1) is 15.8. The molecule has 0 spiro atoms. The van der Waals surface area contributed by atoms with Crippen molar-refractivity contribution in [3.63, 3.8) is 0 Å². The van der Waals surface area contributed by atoms with E-state index in [1.807, 2.05) is 24.3 Å². The highest BCUT2D eigenvalue weighted by atomic mass is 16.5. The summed E-state index contributed by atoms with van der Waals surface area (Å²) in [6, 6.07) is 8.02. The van der Waals surface area contributed by atoms with E-state index in [4.69, 9.17) is 4.74 Å². The van der Waals surface area contributed by atoms with Gasteiger partial charge in [-0.3, -0.25) is 4.79 Å². The molecule has 4 heteroatoms. The van der Waals surface area contributed by atoms with Crippen LogP contribution in [0.3, 0.4) is 0 Å². The van der Waals surface area contributed by atoms with E-state index in [-0.39, 0.29) is 11.9 Å².